The van der Waals surface area contributed by atoms with Crippen LogP contribution in [0.3, 0.4) is 0 Å². The van der Waals surface area contributed by atoms with E-state index in [0.717, 1.165) is 18.6 Å². The van der Waals surface area contributed by atoms with Crippen LogP contribution in [-0.2, 0) is 4.79 Å². The smallest absolute Gasteiger partial charge is 0.264 e. The van der Waals surface area contributed by atoms with Gasteiger partial charge in [0.05, 0.1) is 0 Å². The lowest BCUT2D eigenvalue weighted by Crippen LogP contribution is -2.52. The van der Waals surface area contributed by atoms with Crippen molar-refractivity contribution in [3.8, 4) is 5.75 Å². The number of benzene rings is 1. The Morgan fingerprint density at radius 1 is 1.25 bits per heavy atom. The number of para-hydroxylation sites is 1. The average molecular weight is 275 g/mol. The van der Waals surface area contributed by atoms with E-state index in [1.54, 1.807) is 0 Å². The summed E-state index contributed by atoms with van der Waals surface area (Å²) in [7, 11) is 0. The van der Waals surface area contributed by atoms with Gasteiger partial charge in [0.1, 0.15) is 5.75 Å². The number of hydrogen-bond acceptors (Lipinski definition) is 2. The maximum atomic E-state index is 12.8. The van der Waals surface area contributed by atoms with Gasteiger partial charge in [-0.2, -0.15) is 0 Å². The first-order valence-corrected chi connectivity index (χ1v) is 7.67. The minimum atomic E-state index is -0.375. The first kappa shape index (κ1) is 14.9. The number of likely N-dealkylation sites (tertiary alicyclic amines) is 1. The van der Waals surface area contributed by atoms with Crippen LogP contribution < -0.4 is 4.74 Å². The molecule has 1 aromatic rings. The molecule has 1 aromatic carbocycles. The highest BCUT2D eigenvalue weighted by Crippen LogP contribution is 2.25. The van der Waals surface area contributed by atoms with Crippen molar-refractivity contribution >= 4 is 5.91 Å². The summed E-state index contributed by atoms with van der Waals surface area (Å²) in [6.45, 7) is 6.29. The highest BCUT2D eigenvalue weighted by atomic mass is 16.5. The summed E-state index contributed by atoms with van der Waals surface area (Å²) in [5.41, 5.74) is 0. The van der Waals surface area contributed by atoms with Crippen molar-refractivity contribution in [2.24, 2.45) is 0 Å². The Morgan fingerprint density at radius 3 is 2.40 bits per heavy atom. The van der Waals surface area contributed by atoms with E-state index in [-0.39, 0.29) is 12.0 Å². The van der Waals surface area contributed by atoms with Crippen molar-refractivity contribution in [2.75, 3.05) is 0 Å². The normalized spacial score (nSPS) is 24.2. The quantitative estimate of drug-likeness (QED) is 0.839. The van der Waals surface area contributed by atoms with Gasteiger partial charge in [-0.1, -0.05) is 25.1 Å². The Morgan fingerprint density at radius 2 is 1.85 bits per heavy atom. The molecule has 0 spiro atoms. The van der Waals surface area contributed by atoms with Gasteiger partial charge in [-0.05, 0) is 51.7 Å². The van der Waals surface area contributed by atoms with Crippen LogP contribution in [0.1, 0.15) is 46.5 Å². The second-order valence-corrected chi connectivity index (χ2v) is 5.70. The zero-order chi connectivity index (χ0) is 14.5. The van der Waals surface area contributed by atoms with Gasteiger partial charge in [0.15, 0.2) is 6.10 Å². The zero-order valence-corrected chi connectivity index (χ0v) is 12.7. The van der Waals surface area contributed by atoms with Gasteiger partial charge < -0.3 is 9.64 Å². The largest absolute Gasteiger partial charge is 0.481 e. The summed E-state index contributed by atoms with van der Waals surface area (Å²) in [5.74, 6) is 0.904. The summed E-state index contributed by atoms with van der Waals surface area (Å²) in [6, 6.07) is 10.2. The highest BCUT2D eigenvalue weighted by Gasteiger charge is 2.33. The van der Waals surface area contributed by atoms with E-state index in [1.165, 1.54) is 6.42 Å². The van der Waals surface area contributed by atoms with Gasteiger partial charge in [-0.15, -0.1) is 0 Å². The third-order valence-corrected chi connectivity index (χ3v) is 4.12. The number of nitrogens with zero attached hydrogens (tertiary/aromatic N) is 1. The molecule has 1 amide bonds. The molecule has 0 N–H and O–H groups in total. The predicted octanol–water partition coefficient (Wildman–Crippen LogP) is 3.63. The van der Waals surface area contributed by atoms with Crippen LogP contribution in [0.2, 0.25) is 0 Å². The fraction of sp³-hybridized carbons (Fsp3) is 0.588. The maximum absolute atomic E-state index is 12.8. The van der Waals surface area contributed by atoms with E-state index in [2.05, 4.69) is 13.8 Å². The Hall–Kier alpha value is -1.51. The standard InChI is InChI=1S/C17H25NO2/c1-4-16(20-15-11-6-5-7-12-15)17(19)18-13(2)9-8-10-14(18)3/h5-7,11-14,16H,4,8-10H2,1-3H3. The van der Waals surface area contributed by atoms with Crippen molar-refractivity contribution in [1.82, 2.24) is 4.90 Å². The van der Waals surface area contributed by atoms with Crippen LogP contribution in [0.25, 0.3) is 0 Å². The van der Waals surface area contributed by atoms with Crippen LogP contribution in [0.4, 0.5) is 0 Å². The third kappa shape index (κ3) is 3.33. The molecule has 1 aliphatic rings. The lowest BCUT2D eigenvalue weighted by Gasteiger charge is -2.40. The molecule has 2 rings (SSSR count). The van der Waals surface area contributed by atoms with E-state index in [9.17, 15) is 4.79 Å². The molecule has 0 aliphatic carbocycles. The van der Waals surface area contributed by atoms with E-state index in [0.29, 0.717) is 18.5 Å². The lowest BCUT2D eigenvalue weighted by atomic mass is 9.96. The van der Waals surface area contributed by atoms with Gasteiger partial charge in [-0.25, -0.2) is 0 Å². The molecule has 0 saturated carbocycles. The van der Waals surface area contributed by atoms with Gasteiger partial charge in [-0.3, -0.25) is 4.79 Å². The fourth-order valence-corrected chi connectivity index (χ4v) is 2.99. The Kier molecular flexibility index (Phi) is 5.05. The number of piperidine rings is 1. The van der Waals surface area contributed by atoms with E-state index < -0.39 is 0 Å². The van der Waals surface area contributed by atoms with Crippen molar-refractivity contribution in [1.29, 1.82) is 0 Å². The Balaban J connectivity index is 2.08. The minimum Gasteiger partial charge on any atom is -0.481 e. The molecule has 1 fully saturated rings. The molecule has 0 aromatic heterocycles. The molecular formula is C17H25NO2. The maximum Gasteiger partial charge on any atom is 0.264 e. The van der Waals surface area contributed by atoms with Gasteiger partial charge in [0.25, 0.3) is 5.91 Å². The molecule has 0 radical (unpaired) electrons. The molecule has 3 nitrogen and oxygen atoms in total. The van der Waals surface area contributed by atoms with Crippen molar-refractivity contribution < 1.29 is 9.53 Å². The molecule has 0 bridgehead atoms. The fourth-order valence-electron chi connectivity index (χ4n) is 2.99. The number of carbonyl (C=O) groups is 1. The lowest BCUT2D eigenvalue weighted by molar-refractivity contribution is -0.145. The number of amides is 1. The van der Waals surface area contributed by atoms with E-state index >= 15 is 0 Å². The topological polar surface area (TPSA) is 29.5 Å². The summed E-state index contributed by atoms with van der Waals surface area (Å²) in [5, 5.41) is 0. The van der Waals surface area contributed by atoms with Gasteiger partial charge >= 0.3 is 0 Å². The average Bonchev–Trinajstić information content (AvgIpc) is 2.45. The summed E-state index contributed by atoms with van der Waals surface area (Å²) in [4.78, 5) is 14.8. The van der Waals surface area contributed by atoms with E-state index in [4.69, 9.17) is 4.74 Å². The summed E-state index contributed by atoms with van der Waals surface area (Å²) < 4.78 is 5.88. The number of carbonyl (C=O) groups excluding carboxylic acids is 1. The Bertz CT molecular complexity index is 422. The number of hydrogen-bond donors (Lipinski definition) is 0. The van der Waals surface area contributed by atoms with Gasteiger partial charge in [0.2, 0.25) is 0 Å². The third-order valence-electron chi connectivity index (χ3n) is 4.12. The van der Waals surface area contributed by atoms with Crippen molar-refractivity contribution in [3.05, 3.63) is 30.3 Å². The number of rotatable bonds is 4. The molecule has 20 heavy (non-hydrogen) atoms. The van der Waals surface area contributed by atoms with Crippen molar-refractivity contribution in [3.63, 3.8) is 0 Å². The first-order valence-electron chi connectivity index (χ1n) is 7.67. The molecule has 3 unspecified atom stereocenters. The molecular weight excluding hydrogens is 250 g/mol. The summed E-state index contributed by atoms with van der Waals surface area (Å²) >= 11 is 0. The van der Waals surface area contributed by atoms with Crippen LogP contribution in [0.5, 0.6) is 5.75 Å². The van der Waals surface area contributed by atoms with Crippen LogP contribution in [0.15, 0.2) is 30.3 Å². The Labute approximate surface area is 121 Å². The SMILES string of the molecule is CCC(Oc1ccccc1)C(=O)N1C(C)CCCC1C. The molecule has 1 saturated heterocycles. The zero-order valence-electron chi connectivity index (χ0n) is 12.7. The monoisotopic (exact) mass is 275 g/mol. The molecule has 3 heteroatoms. The van der Waals surface area contributed by atoms with Crippen LogP contribution in [0, 0.1) is 0 Å². The predicted molar refractivity (Wildman–Crippen MR) is 80.8 cm³/mol. The van der Waals surface area contributed by atoms with Gasteiger partial charge in [0, 0.05) is 12.1 Å². The molecule has 1 aliphatic heterocycles. The molecule has 110 valence electrons. The minimum absolute atomic E-state index is 0.135. The first-order chi connectivity index (χ1) is 9.63. The highest BCUT2D eigenvalue weighted by molar-refractivity contribution is 5.82. The second kappa shape index (κ2) is 6.78. The molecule has 1 heterocycles. The van der Waals surface area contributed by atoms with Crippen molar-refractivity contribution in [2.45, 2.75) is 64.6 Å². The second-order valence-electron chi connectivity index (χ2n) is 5.70. The van der Waals surface area contributed by atoms with E-state index in [1.807, 2.05) is 42.2 Å². The number of ether oxygens (including phenoxy) is 1. The summed E-state index contributed by atoms with van der Waals surface area (Å²) in [6.07, 6.45) is 3.72. The molecule has 3 atom stereocenters. The van der Waals surface area contributed by atoms with Crippen LogP contribution in [-0.4, -0.2) is 29.0 Å². The van der Waals surface area contributed by atoms with Crippen LogP contribution >= 0.6 is 0 Å².